The predicted octanol–water partition coefficient (Wildman–Crippen LogP) is 2.39. The lowest BCUT2D eigenvalue weighted by molar-refractivity contribution is 0.222. The van der Waals surface area contributed by atoms with Gasteiger partial charge in [-0.25, -0.2) is 8.42 Å². The maximum absolute atomic E-state index is 12.7. The van der Waals surface area contributed by atoms with E-state index < -0.39 is 10.0 Å². The summed E-state index contributed by atoms with van der Waals surface area (Å²) in [5.41, 5.74) is 0.661. The highest BCUT2D eigenvalue weighted by atomic mass is 32.2. The summed E-state index contributed by atoms with van der Waals surface area (Å²) in [5.74, 6) is 0.834. The second kappa shape index (κ2) is 5.51. The van der Waals surface area contributed by atoms with Crippen LogP contribution in [0.5, 0.6) is 0 Å². The normalized spacial score (nSPS) is 25.2. The second-order valence-electron chi connectivity index (χ2n) is 5.51. The van der Waals surface area contributed by atoms with Crippen molar-refractivity contribution in [2.75, 3.05) is 25.5 Å². The van der Waals surface area contributed by atoms with Crippen LogP contribution in [0.3, 0.4) is 0 Å². The maximum atomic E-state index is 12.7. The van der Waals surface area contributed by atoms with Crippen LogP contribution in [0.4, 0.5) is 5.69 Å². The fourth-order valence-electron chi connectivity index (χ4n) is 2.84. The lowest BCUT2D eigenvalue weighted by Gasteiger charge is -2.34. The lowest BCUT2D eigenvalue weighted by atomic mass is 9.94. The number of hydrogen-bond donors (Lipinski definition) is 1. The van der Waals surface area contributed by atoms with Crippen LogP contribution in [0, 0.1) is 11.8 Å². The smallest absolute Gasteiger partial charge is 0.245 e. The average molecular weight is 282 g/mol. The fraction of sp³-hybridized carbons (Fsp3) is 0.571. The minimum Gasteiger partial charge on any atom is -0.387 e. The lowest BCUT2D eigenvalue weighted by Crippen LogP contribution is -2.42. The van der Waals surface area contributed by atoms with Gasteiger partial charge in [-0.05, 0) is 30.4 Å². The zero-order chi connectivity index (χ0) is 14.0. The molecule has 1 heterocycles. The van der Waals surface area contributed by atoms with Gasteiger partial charge in [0.05, 0.1) is 5.69 Å². The van der Waals surface area contributed by atoms with Crippen molar-refractivity contribution >= 4 is 15.7 Å². The highest BCUT2D eigenvalue weighted by Crippen LogP contribution is 2.29. The monoisotopic (exact) mass is 282 g/mol. The van der Waals surface area contributed by atoms with Crippen LogP contribution in [0.25, 0.3) is 0 Å². The van der Waals surface area contributed by atoms with E-state index in [1.165, 1.54) is 0 Å². The van der Waals surface area contributed by atoms with E-state index in [2.05, 4.69) is 19.2 Å². The van der Waals surface area contributed by atoms with Crippen molar-refractivity contribution in [2.45, 2.75) is 25.2 Å². The number of anilines is 1. The molecule has 2 unspecified atom stereocenters. The molecule has 0 spiro atoms. The zero-order valence-electron chi connectivity index (χ0n) is 11.8. The minimum absolute atomic E-state index is 0.374. The second-order valence-corrected chi connectivity index (χ2v) is 7.42. The van der Waals surface area contributed by atoms with Crippen molar-refractivity contribution in [1.82, 2.24) is 4.31 Å². The van der Waals surface area contributed by atoms with E-state index in [-0.39, 0.29) is 0 Å². The summed E-state index contributed by atoms with van der Waals surface area (Å²) >= 11 is 0. The van der Waals surface area contributed by atoms with Crippen LogP contribution in [-0.2, 0) is 10.0 Å². The molecule has 0 radical (unpaired) electrons. The molecule has 2 atom stereocenters. The van der Waals surface area contributed by atoms with E-state index in [0.29, 0.717) is 35.5 Å². The Labute approximate surface area is 115 Å². The van der Waals surface area contributed by atoms with Gasteiger partial charge in [-0.3, -0.25) is 0 Å². The van der Waals surface area contributed by atoms with Gasteiger partial charge >= 0.3 is 0 Å². The van der Waals surface area contributed by atoms with E-state index in [1.807, 2.05) is 6.07 Å². The summed E-state index contributed by atoms with van der Waals surface area (Å²) in [6, 6.07) is 7.08. The first-order valence-electron chi connectivity index (χ1n) is 6.72. The standard InChI is InChI=1S/C14H22N2O2S/c1-11-8-12(2)10-16(9-11)19(17,18)14-7-5-4-6-13(14)15-3/h4-7,11-12,15H,8-10H2,1-3H3. The number of piperidine rings is 1. The third kappa shape index (κ3) is 2.92. The van der Waals surface area contributed by atoms with Crippen LogP contribution in [0.2, 0.25) is 0 Å². The SMILES string of the molecule is CNc1ccccc1S(=O)(=O)N1CC(C)CC(C)C1. The molecule has 1 saturated heterocycles. The highest BCUT2D eigenvalue weighted by Gasteiger charge is 2.32. The van der Waals surface area contributed by atoms with Crippen molar-refractivity contribution < 1.29 is 8.42 Å². The van der Waals surface area contributed by atoms with Crippen LogP contribution >= 0.6 is 0 Å². The Morgan fingerprint density at radius 3 is 2.32 bits per heavy atom. The zero-order valence-corrected chi connectivity index (χ0v) is 12.6. The Bertz CT molecular complexity index is 532. The molecule has 5 heteroatoms. The molecular weight excluding hydrogens is 260 g/mol. The van der Waals surface area contributed by atoms with Crippen LogP contribution in [0.15, 0.2) is 29.2 Å². The van der Waals surface area contributed by atoms with Gasteiger partial charge < -0.3 is 5.32 Å². The summed E-state index contributed by atoms with van der Waals surface area (Å²) in [5, 5.41) is 2.96. The summed E-state index contributed by atoms with van der Waals surface area (Å²) in [7, 11) is -1.65. The van der Waals surface area contributed by atoms with Crippen molar-refractivity contribution in [3.63, 3.8) is 0 Å². The molecule has 1 aliphatic heterocycles. The third-order valence-electron chi connectivity index (χ3n) is 3.61. The molecule has 1 N–H and O–H groups in total. The van der Waals surface area contributed by atoms with E-state index in [0.717, 1.165) is 6.42 Å². The Balaban J connectivity index is 2.36. The van der Waals surface area contributed by atoms with Crippen LogP contribution in [-0.4, -0.2) is 32.9 Å². The molecule has 1 aromatic carbocycles. The molecule has 0 bridgehead atoms. The number of hydrogen-bond acceptors (Lipinski definition) is 3. The Morgan fingerprint density at radius 2 is 1.74 bits per heavy atom. The molecule has 0 aromatic heterocycles. The van der Waals surface area contributed by atoms with Gasteiger partial charge in [0.25, 0.3) is 0 Å². The molecule has 2 rings (SSSR count). The molecule has 0 aliphatic carbocycles. The largest absolute Gasteiger partial charge is 0.387 e. The van der Waals surface area contributed by atoms with Crippen molar-refractivity contribution in [2.24, 2.45) is 11.8 Å². The molecule has 0 saturated carbocycles. The van der Waals surface area contributed by atoms with Gasteiger partial charge in [0, 0.05) is 20.1 Å². The third-order valence-corrected chi connectivity index (χ3v) is 5.50. The first-order chi connectivity index (χ1) is 8.95. The number of rotatable bonds is 3. The minimum atomic E-state index is -3.40. The van der Waals surface area contributed by atoms with Crippen molar-refractivity contribution in [3.8, 4) is 0 Å². The number of para-hydroxylation sites is 1. The number of benzene rings is 1. The van der Waals surface area contributed by atoms with E-state index in [9.17, 15) is 8.42 Å². The summed E-state index contributed by atoms with van der Waals surface area (Å²) < 4.78 is 27.1. The molecule has 106 valence electrons. The van der Waals surface area contributed by atoms with Gasteiger partial charge in [0.2, 0.25) is 10.0 Å². The number of nitrogens with one attached hydrogen (secondary N) is 1. The number of sulfonamides is 1. The van der Waals surface area contributed by atoms with Gasteiger partial charge in [0.15, 0.2) is 0 Å². The Morgan fingerprint density at radius 1 is 1.16 bits per heavy atom. The van der Waals surface area contributed by atoms with Crippen molar-refractivity contribution in [3.05, 3.63) is 24.3 Å². The fourth-order valence-corrected chi connectivity index (χ4v) is 4.72. The van der Waals surface area contributed by atoms with E-state index in [1.54, 1.807) is 29.6 Å². The van der Waals surface area contributed by atoms with Crippen LogP contribution < -0.4 is 5.32 Å². The van der Waals surface area contributed by atoms with Crippen LogP contribution in [0.1, 0.15) is 20.3 Å². The van der Waals surface area contributed by atoms with Gasteiger partial charge in [-0.1, -0.05) is 26.0 Å². The highest BCUT2D eigenvalue weighted by molar-refractivity contribution is 7.89. The molecule has 0 amide bonds. The summed E-state index contributed by atoms with van der Waals surface area (Å²) in [4.78, 5) is 0.374. The number of nitrogens with zero attached hydrogens (tertiary/aromatic N) is 1. The molecule has 1 aliphatic rings. The molecular formula is C14H22N2O2S. The van der Waals surface area contributed by atoms with E-state index in [4.69, 9.17) is 0 Å². The Hall–Kier alpha value is -1.07. The van der Waals surface area contributed by atoms with Gasteiger partial charge in [-0.15, -0.1) is 0 Å². The first-order valence-corrected chi connectivity index (χ1v) is 8.16. The maximum Gasteiger partial charge on any atom is 0.245 e. The Kier molecular flexibility index (Phi) is 4.16. The molecule has 1 aromatic rings. The average Bonchev–Trinajstić information content (AvgIpc) is 2.37. The van der Waals surface area contributed by atoms with Gasteiger partial charge in [-0.2, -0.15) is 4.31 Å². The first kappa shape index (κ1) is 14.3. The molecule has 1 fully saturated rings. The topological polar surface area (TPSA) is 49.4 Å². The summed E-state index contributed by atoms with van der Waals surface area (Å²) in [6.07, 6.45) is 1.10. The predicted molar refractivity (Wildman–Crippen MR) is 77.7 cm³/mol. The molecule has 19 heavy (non-hydrogen) atoms. The molecule has 4 nitrogen and oxygen atoms in total. The van der Waals surface area contributed by atoms with Crippen molar-refractivity contribution in [1.29, 1.82) is 0 Å². The van der Waals surface area contributed by atoms with E-state index >= 15 is 0 Å². The van der Waals surface area contributed by atoms with Gasteiger partial charge in [0.1, 0.15) is 4.90 Å². The summed E-state index contributed by atoms with van der Waals surface area (Å²) in [6.45, 7) is 5.46. The quantitative estimate of drug-likeness (QED) is 0.926.